The third kappa shape index (κ3) is 8.41. The number of pyridine rings is 1. The van der Waals surface area contributed by atoms with Gasteiger partial charge in [-0.1, -0.05) is 34.8 Å². The maximum atomic E-state index is 5.94. The SMILES string of the molecule is CCOP(=S)(OCC)Oc1nc(Cl)c(Cl)cc1Cl.ClC1C(Cl)C(Cl)C(Cl)C(Cl)C1Cl. The van der Waals surface area contributed by atoms with Gasteiger partial charge in [-0.05, 0) is 19.9 Å². The molecule has 1 aliphatic rings. The summed E-state index contributed by atoms with van der Waals surface area (Å²) in [6.07, 6.45) is 0. The van der Waals surface area contributed by atoms with Crippen LogP contribution in [0.1, 0.15) is 13.8 Å². The quantitative estimate of drug-likeness (QED) is 0.178. The second-order valence-corrected chi connectivity index (χ2v) is 12.7. The molecule has 0 saturated heterocycles. The van der Waals surface area contributed by atoms with E-state index < -0.39 is 39.0 Å². The zero-order valence-electron chi connectivity index (χ0n) is 15.4. The van der Waals surface area contributed by atoms with Gasteiger partial charge in [0.1, 0.15) is 5.02 Å². The van der Waals surface area contributed by atoms with Gasteiger partial charge in [0.2, 0.25) is 5.88 Å². The normalized spacial score (nSPS) is 29.2. The van der Waals surface area contributed by atoms with Gasteiger partial charge in [-0.25, -0.2) is 0 Å². The number of alkyl halides is 6. The molecule has 1 aromatic heterocycles. The second-order valence-electron chi connectivity index (χ2n) is 5.59. The highest BCUT2D eigenvalue weighted by Gasteiger charge is 2.46. The fraction of sp³-hybridized carbons (Fsp3) is 0.667. The Morgan fingerprint density at radius 3 is 1.50 bits per heavy atom. The highest BCUT2D eigenvalue weighted by Crippen LogP contribution is 2.51. The van der Waals surface area contributed by atoms with Gasteiger partial charge < -0.3 is 4.52 Å². The summed E-state index contributed by atoms with van der Waals surface area (Å²) < 4.78 is 16.1. The predicted molar refractivity (Wildman–Crippen MR) is 135 cm³/mol. The van der Waals surface area contributed by atoms with Gasteiger partial charge in [0.25, 0.3) is 0 Å². The fourth-order valence-electron chi connectivity index (χ4n) is 2.06. The average molecular weight is 641 g/mol. The van der Waals surface area contributed by atoms with E-state index in [-0.39, 0.29) is 21.1 Å². The molecular weight excluding hydrogens is 624 g/mol. The number of aromatic nitrogens is 1. The lowest BCUT2D eigenvalue weighted by Crippen LogP contribution is -2.52. The summed E-state index contributed by atoms with van der Waals surface area (Å²) in [6, 6.07) is 1.42. The molecule has 1 fully saturated rings. The molecule has 1 heterocycles. The number of rotatable bonds is 6. The molecule has 1 saturated carbocycles. The van der Waals surface area contributed by atoms with Crippen LogP contribution in [-0.2, 0) is 20.9 Å². The average Bonchev–Trinajstić information content (AvgIpc) is 2.68. The van der Waals surface area contributed by atoms with Crippen molar-refractivity contribution >= 4 is 123 Å². The highest BCUT2D eigenvalue weighted by molar-refractivity contribution is 8.07. The molecule has 0 unspecified atom stereocenters. The summed E-state index contributed by atoms with van der Waals surface area (Å²) in [6.45, 7) is 1.37. The van der Waals surface area contributed by atoms with E-state index >= 15 is 0 Å². The first-order chi connectivity index (χ1) is 13.9. The van der Waals surface area contributed by atoms with E-state index in [4.69, 9.17) is 130 Å². The van der Waals surface area contributed by atoms with Gasteiger partial charge in [0.15, 0.2) is 5.15 Å². The van der Waals surface area contributed by atoms with Crippen molar-refractivity contribution in [3.8, 4) is 5.88 Å². The third-order valence-corrected chi connectivity index (χ3v) is 10.8. The summed E-state index contributed by atoms with van der Waals surface area (Å²) >= 11 is 58.0. The Morgan fingerprint density at radius 1 is 0.800 bits per heavy atom. The number of nitrogens with zero attached hydrogens (tertiary/aromatic N) is 1. The van der Waals surface area contributed by atoms with Gasteiger partial charge in [-0.3, -0.25) is 9.05 Å². The van der Waals surface area contributed by atoms with Crippen LogP contribution in [0.5, 0.6) is 5.88 Å². The lowest BCUT2D eigenvalue weighted by atomic mass is 9.97. The minimum Gasteiger partial charge on any atom is -0.404 e. The highest BCUT2D eigenvalue weighted by atomic mass is 35.5. The Bertz CT molecular complexity index is 681. The Balaban J connectivity index is 0.000000325. The Hall–Kier alpha value is 2.13. The Kier molecular flexibility index (Phi) is 13.9. The summed E-state index contributed by atoms with van der Waals surface area (Å²) in [4.78, 5) is 3.90. The van der Waals surface area contributed by atoms with Crippen molar-refractivity contribution in [1.29, 1.82) is 0 Å². The molecule has 0 spiro atoms. The first-order valence-corrected chi connectivity index (χ1v) is 14.6. The van der Waals surface area contributed by atoms with E-state index in [1.807, 2.05) is 0 Å². The van der Waals surface area contributed by atoms with Crippen LogP contribution >= 0.6 is 111 Å². The molecule has 30 heavy (non-hydrogen) atoms. The largest absolute Gasteiger partial charge is 0.404 e. The topological polar surface area (TPSA) is 40.6 Å². The Labute approximate surface area is 226 Å². The molecular formula is C15H17Cl9NO3PS. The van der Waals surface area contributed by atoms with Gasteiger partial charge in [0, 0.05) is 11.8 Å². The van der Waals surface area contributed by atoms with Crippen molar-refractivity contribution in [2.45, 2.75) is 46.1 Å². The molecule has 0 atom stereocenters. The van der Waals surface area contributed by atoms with Crippen LogP contribution in [-0.4, -0.2) is 50.5 Å². The van der Waals surface area contributed by atoms with Crippen molar-refractivity contribution in [3.63, 3.8) is 0 Å². The van der Waals surface area contributed by atoms with E-state index in [1.165, 1.54) is 6.07 Å². The van der Waals surface area contributed by atoms with Crippen LogP contribution in [0.15, 0.2) is 6.07 Å². The van der Waals surface area contributed by atoms with Gasteiger partial charge in [-0.2, -0.15) is 4.98 Å². The lowest BCUT2D eigenvalue weighted by Gasteiger charge is -2.37. The number of halogens is 9. The van der Waals surface area contributed by atoms with E-state index in [0.717, 1.165) is 0 Å². The van der Waals surface area contributed by atoms with Crippen molar-refractivity contribution < 1.29 is 13.6 Å². The maximum Gasteiger partial charge on any atom is 0.381 e. The lowest BCUT2D eigenvalue weighted by molar-refractivity contribution is 0.216. The molecule has 0 N–H and O–H groups in total. The first-order valence-electron chi connectivity index (χ1n) is 8.33. The molecule has 174 valence electrons. The van der Waals surface area contributed by atoms with Crippen molar-refractivity contribution in [1.82, 2.24) is 4.98 Å². The zero-order valence-corrected chi connectivity index (χ0v) is 23.9. The molecule has 2 rings (SSSR count). The molecule has 0 bridgehead atoms. The van der Waals surface area contributed by atoms with Crippen LogP contribution in [0.3, 0.4) is 0 Å². The number of hydrogen-bond acceptors (Lipinski definition) is 5. The maximum absolute atomic E-state index is 5.94. The molecule has 0 aliphatic heterocycles. The van der Waals surface area contributed by atoms with Crippen LogP contribution in [0.2, 0.25) is 15.2 Å². The summed E-state index contributed by atoms with van der Waals surface area (Å²) in [5.41, 5.74) is 0. The minimum atomic E-state index is -2.92. The predicted octanol–water partition coefficient (Wildman–Crippen LogP) is 8.36. The molecule has 1 aromatic rings. The van der Waals surface area contributed by atoms with E-state index in [1.54, 1.807) is 13.8 Å². The molecule has 15 heteroatoms. The third-order valence-electron chi connectivity index (χ3n) is 3.45. The molecule has 4 nitrogen and oxygen atoms in total. The zero-order chi connectivity index (χ0) is 23.2. The van der Waals surface area contributed by atoms with Crippen LogP contribution in [0.25, 0.3) is 0 Å². The van der Waals surface area contributed by atoms with Crippen LogP contribution < -0.4 is 4.52 Å². The van der Waals surface area contributed by atoms with Crippen LogP contribution in [0, 0.1) is 0 Å². The van der Waals surface area contributed by atoms with Crippen LogP contribution in [0.4, 0.5) is 0 Å². The van der Waals surface area contributed by atoms with E-state index in [0.29, 0.717) is 13.2 Å². The molecule has 1 aliphatic carbocycles. The second kappa shape index (κ2) is 13.9. The minimum absolute atomic E-state index is 0.0521. The monoisotopic (exact) mass is 637 g/mol. The van der Waals surface area contributed by atoms with Crippen molar-refractivity contribution in [2.75, 3.05) is 13.2 Å². The molecule has 0 amide bonds. The van der Waals surface area contributed by atoms with Gasteiger partial charge in [0.05, 0.1) is 50.5 Å². The van der Waals surface area contributed by atoms with Gasteiger partial charge >= 0.3 is 6.72 Å². The smallest absolute Gasteiger partial charge is 0.381 e. The molecule has 0 radical (unpaired) electrons. The fourth-order valence-corrected chi connectivity index (χ4v) is 6.98. The van der Waals surface area contributed by atoms with Crippen molar-refractivity contribution in [3.05, 3.63) is 21.3 Å². The first kappa shape index (κ1) is 30.2. The molecule has 0 aromatic carbocycles. The summed E-state index contributed by atoms with van der Waals surface area (Å²) in [5, 5.41) is -2.12. The summed E-state index contributed by atoms with van der Waals surface area (Å²) in [5.74, 6) is 0.0521. The van der Waals surface area contributed by atoms with Crippen molar-refractivity contribution in [2.24, 2.45) is 0 Å². The number of hydrogen-bond donors (Lipinski definition) is 0. The Morgan fingerprint density at radius 2 is 1.17 bits per heavy atom. The summed E-state index contributed by atoms with van der Waals surface area (Å²) in [7, 11) is 0. The van der Waals surface area contributed by atoms with E-state index in [9.17, 15) is 0 Å². The van der Waals surface area contributed by atoms with Gasteiger partial charge in [-0.15, -0.1) is 69.6 Å². The van der Waals surface area contributed by atoms with E-state index in [2.05, 4.69) is 4.98 Å². The standard InChI is InChI=1S/C9H11Cl3NO3PS.C6H6Cl6/c1-3-14-17(18,15-4-2)16-9-7(11)5-6(10)8(12)13-9;7-1-2(8)4(10)6(12)5(11)3(1)9/h5H,3-4H2,1-2H3;1-6H.